The highest BCUT2D eigenvalue weighted by Gasteiger charge is 2.54. The van der Waals surface area contributed by atoms with E-state index in [4.69, 9.17) is 14.0 Å². The Hall–Kier alpha value is -4.69. The van der Waals surface area contributed by atoms with Crippen LogP contribution in [0.25, 0.3) is 11.1 Å². The number of benzene rings is 3. The Labute approximate surface area is 275 Å². The average Bonchev–Trinajstić information content (AvgIpc) is 3.47. The minimum atomic E-state index is -4.69. The number of carbonyl (C=O) groups is 2. The molecule has 0 unspecified atom stereocenters. The lowest BCUT2D eigenvalue weighted by molar-refractivity contribution is -0.152. The van der Waals surface area contributed by atoms with Gasteiger partial charge in [0, 0.05) is 29.0 Å². The topological polar surface area (TPSA) is 128 Å². The van der Waals surface area contributed by atoms with E-state index in [0.717, 1.165) is 23.1 Å². The standard InChI is InChI=1S/C34H34F3N3O7S/c1-6-45-19-23-16-22(12-14-25(23)26-10-8-9-11-29(26)48(43,44)39-30-20(3)21(4)47-38-30)18-40-28-17-24(34(35,36)37)13-15-27(28)33(5,31(40)41)32(42)46-7-2/h8-17H,6-7,18-19H2,1-5H3,(H,38,39)/t33-/m0/s1. The fourth-order valence-corrected chi connectivity index (χ4v) is 6.90. The number of hydrogen-bond acceptors (Lipinski definition) is 8. The van der Waals surface area contributed by atoms with Gasteiger partial charge in [0.25, 0.3) is 10.0 Å². The molecule has 2 heterocycles. The summed E-state index contributed by atoms with van der Waals surface area (Å²) in [6.45, 7) is 8.24. The second kappa shape index (κ2) is 13.1. The molecule has 4 aromatic rings. The van der Waals surface area contributed by atoms with Crippen molar-refractivity contribution in [3.63, 3.8) is 0 Å². The molecule has 1 aromatic heterocycles. The molecule has 0 radical (unpaired) electrons. The molecule has 48 heavy (non-hydrogen) atoms. The normalized spacial score (nSPS) is 16.2. The van der Waals surface area contributed by atoms with E-state index in [1.165, 1.54) is 13.0 Å². The number of aromatic nitrogens is 1. The smallest absolute Gasteiger partial charge is 0.416 e. The van der Waals surface area contributed by atoms with E-state index >= 15 is 0 Å². The lowest BCUT2D eigenvalue weighted by atomic mass is 9.83. The molecule has 1 atom stereocenters. The number of nitrogens with zero attached hydrogens (tertiary/aromatic N) is 2. The maximum atomic E-state index is 13.9. The predicted molar refractivity (Wildman–Crippen MR) is 171 cm³/mol. The number of ether oxygens (including phenoxy) is 2. The molecular formula is C34H34F3N3O7S. The van der Waals surface area contributed by atoms with Crippen molar-refractivity contribution >= 4 is 33.4 Å². The summed E-state index contributed by atoms with van der Waals surface area (Å²) >= 11 is 0. The number of nitrogens with one attached hydrogen (secondary N) is 1. The summed E-state index contributed by atoms with van der Waals surface area (Å²) in [5, 5.41) is 3.81. The van der Waals surface area contributed by atoms with Crippen LogP contribution in [0.1, 0.15) is 54.3 Å². The molecule has 1 N–H and O–H groups in total. The third-order valence-corrected chi connectivity index (χ3v) is 9.74. The largest absolute Gasteiger partial charge is 0.465 e. The second-order valence-electron chi connectivity index (χ2n) is 11.4. The van der Waals surface area contributed by atoms with E-state index in [2.05, 4.69) is 9.88 Å². The fourth-order valence-electron chi connectivity index (χ4n) is 5.62. The van der Waals surface area contributed by atoms with Crippen molar-refractivity contribution in [2.75, 3.05) is 22.8 Å². The SMILES string of the molecule is CCOCc1cc(CN2C(=O)[C@@](C)(C(=O)OCC)c3ccc(C(F)(F)F)cc32)ccc1-c1ccccc1S(=O)(=O)Nc1noc(C)c1C. The first-order valence-electron chi connectivity index (χ1n) is 15.1. The number of esters is 1. The Kier molecular flexibility index (Phi) is 9.44. The van der Waals surface area contributed by atoms with Gasteiger partial charge in [0.1, 0.15) is 5.76 Å². The molecular weight excluding hydrogens is 651 g/mol. The van der Waals surface area contributed by atoms with Crippen LogP contribution in [0.5, 0.6) is 0 Å². The van der Waals surface area contributed by atoms with Crippen molar-refractivity contribution in [3.8, 4) is 11.1 Å². The fraction of sp³-hybridized carbons (Fsp3) is 0.324. The van der Waals surface area contributed by atoms with Crippen LogP contribution in [0.4, 0.5) is 24.7 Å². The van der Waals surface area contributed by atoms with E-state index in [9.17, 15) is 31.2 Å². The van der Waals surface area contributed by atoms with Crippen LogP contribution in [-0.2, 0) is 53.8 Å². The summed E-state index contributed by atoms with van der Waals surface area (Å²) in [6.07, 6.45) is -4.69. The van der Waals surface area contributed by atoms with E-state index in [1.807, 2.05) is 0 Å². The van der Waals surface area contributed by atoms with Gasteiger partial charge in [-0.3, -0.25) is 14.3 Å². The van der Waals surface area contributed by atoms with Crippen molar-refractivity contribution in [2.45, 2.75) is 64.3 Å². The highest BCUT2D eigenvalue weighted by molar-refractivity contribution is 7.92. The summed E-state index contributed by atoms with van der Waals surface area (Å²) in [4.78, 5) is 28.1. The zero-order chi connectivity index (χ0) is 35.0. The number of halogens is 3. The maximum Gasteiger partial charge on any atom is 0.416 e. The van der Waals surface area contributed by atoms with Gasteiger partial charge in [-0.2, -0.15) is 13.2 Å². The minimum Gasteiger partial charge on any atom is -0.465 e. The van der Waals surface area contributed by atoms with Crippen LogP contribution in [-0.4, -0.2) is 38.7 Å². The molecule has 0 saturated carbocycles. The lowest BCUT2D eigenvalue weighted by Crippen LogP contribution is -2.44. The summed E-state index contributed by atoms with van der Waals surface area (Å²) in [5.41, 5.74) is -0.291. The molecule has 0 saturated heterocycles. The van der Waals surface area contributed by atoms with E-state index < -0.39 is 39.1 Å². The van der Waals surface area contributed by atoms with Gasteiger partial charge in [-0.25, -0.2) is 8.42 Å². The molecule has 1 aliphatic heterocycles. The number of carbonyl (C=O) groups excluding carboxylic acids is 2. The predicted octanol–water partition coefficient (Wildman–Crippen LogP) is 6.68. The van der Waals surface area contributed by atoms with Crippen molar-refractivity contribution in [3.05, 3.63) is 94.2 Å². The lowest BCUT2D eigenvalue weighted by Gasteiger charge is -2.23. The van der Waals surface area contributed by atoms with Crippen molar-refractivity contribution < 1.29 is 45.2 Å². The molecule has 0 aliphatic carbocycles. The van der Waals surface area contributed by atoms with Crippen LogP contribution >= 0.6 is 0 Å². The first kappa shape index (κ1) is 34.6. The van der Waals surface area contributed by atoms with Gasteiger partial charge in [0.2, 0.25) is 5.91 Å². The Morgan fingerprint density at radius 1 is 1.02 bits per heavy atom. The molecule has 254 valence electrons. The third kappa shape index (κ3) is 6.29. The molecule has 0 fully saturated rings. The van der Waals surface area contributed by atoms with Crippen LogP contribution in [0.15, 0.2) is 70.1 Å². The summed E-state index contributed by atoms with van der Waals surface area (Å²) < 4.78 is 87.0. The number of amides is 1. The molecule has 10 nitrogen and oxygen atoms in total. The van der Waals surface area contributed by atoms with Gasteiger partial charge in [-0.1, -0.05) is 47.6 Å². The molecule has 0 bridgehead atoms. The number of rotatable bonds is 11. The molecule has 0 spiro atoms. The Morgan fingerprint density at radius 2 is 1.75 bits per heavy atom. The van der Waals surface area contributed by atoms with Crippen molar-refractivity contribution in [2.24, 2.45) is 0 Å². The van der Waals surface area contributed by atoms with Gasteiger partial charge in [-0.05, 0) is 69.5 Å². The van der Waals surface area contributed by atoms with Crippen molar-refractivity contribution in [1.29, 1.82) is 0 Å². The van der Waals surface area contributed by atoms with Crippen LogP contribution in [0.3, 0.4) is 0 Å². The Morgan fingerprint density at radius 3 is 2.40 bits per heavy atom. The molecule has 5 rings (SSSR count). The molecule has 1 amide bonds. The number of aryl methyl sites for hydroxylation is 1. The third-order valence-electron chi connectivity index (χ3n) is 8.34. The van der Waals surface area contributed by atoms with E-state index in [0.29, 0.717) is 40.2 Å². The number of sulfonamides is 1. The first-order valence-corrected chi connectivity index (χ1v) is 16.6. The van der Waals surface area contributed by atoms with Crippen molar-refractivity contribution in [1.82, 2.24) is 5.16 Å². The number of fused-ring (bicyclic) bond motifs is 1. The highest BCUT2D eigenvalue weighted by Crippen LogP contribution is 2.46. The molecule has 14 heteroatoms. The Bertz CT molecular complexity index is 1990. The monoisotopic (exact) mass is 685 g/mol. The molecule has 3 aromatic carbocycles. The quantitative estimate of drug-likeness (QED) is 0.137. The second-order valence-corrected chi connectivity index (χ2v) is 13.1. The van der Waals surface area contributed by atoms with Gasteiger partial charge in [0.05, 0.1) is 30.2 Å². The zero-order valence-corrected chi connectivity index (χ0v) is 27.7. The highest BCUT2D eigenvalue weighted by atomic mass is 32.2. The van der Waals surface area contributed by atoms with Gasteiger partial charge in [0.15, 0.2) is 11.2 Å². The summed E-state index contributed by atoms with van der Waals surface area (Å²) in [7, 11) is -4.15. The zero-order valence-electron chi connectivity index (χ0n) is 26.9. The van der Waals surface area contributed by atoms with Gasteiger partial charge >= 0.3 is 12.1 Å². The van der Waals surface area contributed by atoms with Crippen LogP contribution in [0.2, 0.25) is 0 Å². The van der Waals surface area contributed by atoms with Gasteiger partial charge in [-0.15, -0.1) is 0 Å². The van der Waals surface area contributed by atoms with E-state index in [-0.39, 0.29) is 41.7 Å². The summed E-state index contributed by atoms with van der Waals surface area (Å²) in [5.74, 6) is -1.07. The van der Waals surface area contributed by atoms with Gasteiger partial charge < -0.3 is 18.9 Å². The number of anilines is 2. The molecule has 1 aliphatic rings. The number of alkyl halides is 3. The Balaban J connectivity index is 1.57. The average molecular weight is 686 g/mol. The van der Waals surface area contributed by atoms with E-state index in [1.54, 1.807) is 64.1 Å². The maximum absolute atomic E-state index is 13.9. The first-order chi connectivity index (χ1) is 22.6. The summed E-state index contributed by atoms with van der Waals surface area (Å²) in [6, 6.07) is 14.2. The number of hydrogen-bond donors (Lipinski definition) is 1. The van der Waals surface area contributed by atoms with Crippen LogP contribution < -0.4 is 9.62 Å². The minimum absolute atomic E-state index is 0.0233. The van der Waals surface area contributed by atoms with Crippen LogP contribution in [0, 0.1) is 13.8 Å².